The van der Waals surface area contributed by atoms with Crippen molar-refractivity contribution in [3.05, 3.63) is 29.8 Å². The van der Waals surface area contributed by atoms with Gasteiger partial charge in [-0.15, -0.1) is 0 Å². The molecule has 0 aromatic heterocycles. The molecule has 8 bridgehead atoms. The molecule has 8 fully saturated rings. The summed E-state index contributed by atoms with van der Waals surface area (Å²) in [5.41, 5.74) is 3.91. The minimum atomic E-state index is -0.108. The third kappa shape index (κ3) is 4.64. The molecule has 8 saturated carbocycles. The highest BCUT2D eigenvalue weighted by Gasteiger charge is 2.57. The third-order valence-corrected chi connectivity index (χ3v) is 20.1. The van der Waals surface area contributed by atoms with E-state index < -0.39 is 0 Å². The molecule has 0 N–H and O–H groups in total. The van der Waals surface area contributed by atoms with Gasteiger partial charge in [0.2, 0.25) is 0 Å². The first-order chi connectivity index (χ1) is 17.5. The van der Waals surface area contributed by atoms with Crippen molar-refractivity contribution in [2.45, 2.75) is 134 Å². The molecule has 8 aliphatic carbocycles. The zero-order valence-electron chi connectivity index (χ0n) is 24.8. The van der Waals surface area contributed by atoms with Gasteiger partial charge in [0.15, 0.2) is 0 Å². The van der Waals surface area contributed by atoms with Crippen molar-refractivity contribution in [3.8, 4) is 0 Å². The molecule has 0 nitrogen and oxygen atoms in total. The molecule has 0 amide bonds. The zero-order chi connectivity index (χ0) is 25.7. The molecule has 1 aromatic rings. The fraction of sp³-hybridized carbons (Fsp3) is 0.829. The van der Waals surface area contributed by atoms with E-state index in [2.05, 4.69) is 65.8 Å². The van der Waals surface area contributed by atoms with Gasteiger partial charge in [0.25, 0.3) is 0 Å². The third-order valence-electron chi connectivity index (χ3n) is 12.2. The van der Waals surface area contributed by atoms with Gasteiger partial charge in [-0.2, -0.15) is 0 Å². The largest absolute Gasteiger partial charge is 0.0911 e. The summed E-state index contributed by atoms with van der Waals surface area (Å²) in [6.07, 6.45) is 17.3. The van der Waals surface area contributed by atoms with Crippen molar-refractivity contribution < 1.29 is 0 Å². The highest BCUT2D eigenvalue weighted by molar-refractivity contribution is 7.67. The van der Waals surface area contributed by atoms with Crippen molar-refractivity contribution in [1.82, 2.24) is 0 Å². The first-order valence-corrected chi connectivity index (χ1v) is 19.2. The number of rotatable bonds is 5. The van der Waals surface area contributed by atoms with Crippen LogP contribution in [0.15, 0.2) is 24.3 Å². The van der Waals surface area contributed by atoms with Crippen LogP contribution in [0.1, 0.15) is 111 Å². The topological polar surface area (TPSA) is 0 Å². The van der Waals surface area contributed by atoms with Crippen molar-refractivity contribution >= 4 is 21.1 Å². The van der Waals surface area contributed by atoms with E-state index in [1.54, 1.807) is 69.8 Å². The molecule has 1 aromatic carbocycles. The van der Waals surface area contributed by atoms with Crippen LogP contribution in [0.3, 0.4) is 0 Å². The SMILES string of the molecule is CC(C)(C)P(Cc1ccccc1P(C1C2CC3CC(C2)CC1C3)C1C2CC3CC(C2)CC1C3)C(C)(C)C. The van der Waals surface area contributed by atoms with Crippen LogP contribution in [-0.2, 0) is 6.16 Å². The predicted molar refractivity (Wildman–Crippen MR) is 165 cm³/mol. The Morgan fingerprint density at radius 3 is 1.32 bits per heavy atom. The summed E-state index contributed by atoms with van der Waals surface area (Å²) in [4.78, 5) is 0. The van der Waals surface area contributed by atoms with E-state index >= 15 is 0 Å². The van der Waals surface area contributed by atoms with Gasteiger partial charge in [-0.25, -0.2) is 0 Å². The monoisotopic (exact) mass is 536 g/mol. The summed E-state index contributed by atoms with van der Waals surface area (Å²) in [6, 6.07) is 10.2. The van der Waals surface area contributed by atoms with Gasteiger partial charge in [0.1, 0.15) is 0 Å². The first-order valence-electron chi connectivity index (χ1n) is 16.2. The zero-order valence-corrected chi connectivity index (χ0v) is 26.5. The fourth-order valence-electron chi connectivity index (χ4n) is 11.8. The van der Waals surface area contributed by atoms with Crippen molar-refractivity contribution in [2.75, 3.05) is 0 Å². The van der Waals surface area contributed by atoms with Gasteiger partial charge in [-0.05, 0) is 150 Å². The smallest absolute Gasteiger partial charge is 0.00573 e. The Morgan fingerprint density at radius 2 is 0.946 bits per heavy atom. The van der Waals surface area contributed by atoms with Gasteiger partial charge in [-0.1, -0.05) is 81.7 Å². The Balaban J connectivity index is 1.31. The summed E-state index contributed by atoms with van der Waals surface area (Å²) in [5.74, 6) is 8.66. The molecule has 2 heteroatoms. The maximum absolute atomic E-state index is 2.70. The van der Waals surface area contributed by atoms with Crippen LogP contribution >= 0.6 is 15.8 Å². The van der Waals surface area contributed by atoms with E-state index in [9.17, 15) is 0 Å². The van der Waals surface area contributed by atoms with E-state index in [0.717, 1.165) is 58.7 Å². The molecule has 8 aliphatic rings. The Labute approximate surface area is 231 Å². The molecular weight excluding hydrogens is 482 g/mol. The average Bonchev–Trinajstić information content (AvgIpc) is 2.79. The molecule has 9 rings (SSSR count). The highest BCUT2D eigenvalue weighted by atomic mass is 31.1. The van der Waals surface area contributed by atoms with Crippen molar-refractivity contribution in [3.63, 3.8) is 0 Å². The van der Waals surface area contributed by atoms with Gasteiger partial charge < -0.3 is 0 Å². The van der Waals surface area contributed by atoms with Crippen molar-refractivity contribution in [2.24, 2.45) is 47.3 Å². The second-order valence-electron chi connectivity index (χ2n) is 16.8. The van der Waals surface area contributed by atoms with E-state index in [4.69, 9.17) is 0 Å². The average molecular weight is 537 g/mol. The Hall–Kier alpha value is 0.0800. The van der Waals surface area contributed by atoms with Gasteiger partial charge in [-0.3, -0.25) is 0 Å². The normalized spacial score (nSPS) is 43.1. The summed E-state index contributed by atoms with van der Waals surface area (Å²) >= 11 is 0. The number of hydrogen-bond acceptors (Lipinski definition) is 0. The lowest BCUT2D eigenvalue weighted by atomic mass is 9.55. The maximum atomic E-state index is 2.70. The molecular formula is C35H54P2. The molecule has 0 saturated heterocycles. The molecule has 0 atom stereocenters. The second kappa shape index (κ2) is 9.30. The molecule has 0 unspecified atom stereocenters. The van der Waals surface area contributed by atoms with Crippen LogP contribution < -0.4 is 5.30 Å². The van der Waals surface area contributed by atoms with Crippen molar-refractivity contribution in [1.29, 1.82) is 0 Å². The van der Waals surface area contributed by atoms with Crippen LogP contribution in [0, 0.1) is 47.3 Å². The summed E-state index contributed by atoms with van der Waals surface area (Å²) in [7, 11) is -0.177. The molecule has 0 heterocycles. The first kappa shape index (κ1) is 26.0. The number of hydrogen-bond donors (Lipinski definition) is 0. The van der Waals surface area contributed by atoms with E-state index in [-0.39, 0.29) is 15.8 Å². The molecule has 37 heavy (non-hydrogen) atoms. The van der Waals surface area contributed by atoms with E-state index in [0.29, 0.717) is 10.3 Å². The summed E-state index contributed by atoms with van der Waals surface area (Å²) in [5, 5.41) is 2.72. The van der Waals surface area contributed by atoms with Crippen LogP contribution in [0.25, 0.3) is 0 Å². The molecule has 0 spiro atoms. The van der Waals surface area contributed by atoms with Gasteiger partial charge >= 0.3 is 0 Å². The molecule has 204 valence electrons. The highest BCUT2D eigenvalue weighted by Crippen LogP contribution is 2.71. The minimum absolute atomic E-state index is 0.0683. The summed E-state index contributed by atoms with van der Waals surface area (Å²) in [6.45, 7) is 15.2. The lowest BCUT2D eigenvalue weighted by Gasteiger charge is -2.62. The Morgan fingerprint density at radius 1 is 0.568 bits per heavy atom. The fourth-order valence-corrected chi connectivity index (χ4v) is 20.0. The van der Waals surface area contributed by atoms with E-state index in [1.165, 1.54) is 6.16 Å². The van der Waals surface area contributed by atoms with Crippen LogP contribution in [0.4, 0.5) is 0 Å². The molecule has 0 aliphatic heterocycles. The Kier molecular flexibility index (Phi) is 6.54. The van der Waals surface area contributed by atoms with Gasteiger partial charge in [0.05, 0.1) is 0 Å². The predicted octanol–water partition coefficient (Wildman–Crippen LogP) is 10.0. The minimum Gasteiger partial charge on any atom is -0.0911 e. The second-order valence-corrected chi connectivity index (χ2v) is 23.2. The van der Waals surface area contributed by atoms with E-state index in [1.807, 2.05) is 5.30 Å². The van der Waals surface area contributed by atoms with Crippen LogP contribution in [0.5, 0.6) is 0 Å². The molecule has 0 radical (unpaired) electrons. The van der Waals surface area contributed by atoms with Crippen LogP contribution in [0.2, 0.25) is 0 Å². The lowest BCUT2D eigenvalue weighted by molar-refractivity contribution is 0.0136. The standard InChI is InChI=1S/C35H54P2/c1-34(2,3)36(35(4,5)6)21-26-9-7-8-10-31(26)37(32-27-13-22-11-23(15-27)16-28(32)14-22)33-29-17-24-12-25(19-29)20-30(33)18-24/h7-10,22-25,27-30,32-33H,11-21H2,1-6H3. The van der Waals surface area contributed by atoms with Gasteiger partial charge in [0, 0.05) is 0 Å². The quantitative estimate of drug-likeness (QED) is 0.328. The van der Waals surface area contributed by atoms with Crippen LogP contribution in [-0.4, -0.2) is 21.6 Å². The number of benzene rings is 1. The Bertz CT molecular complexity index is 883. The maximum Gasteiger partial charge on any atom is -0.00573 e. The lowest BCUT2D eigenvalue weighted by Crippen LogP contribution is -2.54. The summed E-state index contributed by atoms with van der Waals surface area (Å²) < 4.78 is 0.